The minimum Gasteiger partial charge on any atom is -0.228 e. The molecule has 1 aliphatic rings. The van der Waals surface area contributed by atoms with Gasteiger partial charge in [0.15, 0.2) is 11.6 Å². The van der Waals surface area contributed by atoms with E-state index in [1.807, 2.05) is 0 Å². The van der Waals surface area contributed by atoms with Crippen LogP contribution in [-0.2, 0) is 5.41 Å². The summed E-state index contributed by atoms with van der Waals surface area (Å²) in [6.45, 7) is 4.69. The van der Waals surface area contributed by atoms with E-state index in [9.17, 15) is 0 Å². The molecule has 12 aromatic rings. The fraction of sp³-hybridized carbons (Fsp3) is 0.0448. The molecule has 0 saturated heterocycles. The molecule has 4 nitrogen and oxygen atoms in total. The molecule has 71 heavy (non-hydrogen) atoms. The highest BCUT2D eigenvalue weighted by molar-refractivity contribution is 5.98. The molecule has 0 atom stereocenters. The van der Waals surface area contributed by atoms with Crippen LogP contribution in [0.25, 0.3) is 123 Å². The van der Waals surface area contributed by atoms with Gasteiger partial charge in [0.2, 0.25) is 0 Å². The quantitative estimate of drug-likeness (QED) is 0.152. The zero-order valence-electron chi connectivity index (χ0n) is 39.4. The van der Waals surface area contributed by atoms with Crippen molar-refractivity contribution in [2.24, 2.45) is 0 Å². The molecule has 13 rings (SSSR count). The van der Waals surface area contributed by atoms with Crippen molar-refractivity contribution in [3.63, 3.8) is 0 Å². The molecule has 0 bridgehead atoms. The summed E-state index contributed by atoms with van der Waals surface area (Å²) in [4.78, 5) is 21.4. The Bertz CT molecular complexity index is 3620. The number of fused-ring (bicyclic) bond motifs is 5. The lowest BCUT2D eigenvalue weighted by Crippen LogP contribution is -2.15. The van der Waals surface area contributed by atoms with Crippen LogP contribution in [-0.4, -0.2) is 19.9 Å². The molecule has 0 unspecified atom stereocenters. The first-order chi connectivity index (χ1) is 34.9. The first-order valence-electron chi connectivity index (χ1n) is 24.3. The predicted octanol–water partition coefficient (Wildman–Crippen LogP) is 17.2. The average Bonchev–Trinajstić information content (AvgIpc) is 3.67. The second-order valence-corrected chi connectivity index (χ2v) is 19.0. The zero-order valence-corrected chi connectivity index (χ0v) is 39.4. The highest BCUT2D eigenvalue weighted by Crippen LogP contribution is 2.51. The minimum absolute atomic E-state index is 0.322. The Morgan fingerprint density at radius 3 is 0.915 bits per heavy atom. The fourth-order valence-corrected chi connectivity index (χ4v) is 10.6. The summed E-state index contributed by atoms with van der Waals surface area (Å²) in [5.41, 5.74) is 21.5. The van der Waals surface area contributed by atoms with Gasteiger partial charge in [0.1, 0.15) is 0 Å². The maximum absolute atomic E-state index is 5.47. The van der Waals surface area contributed by atoms with Crippen LogP contribution in [0.3, 0.4) is 0 Å². The molecule has 0 amide bonds. The number of nitrogens with zero attached hydrogens (tertiary/aromatic N) is 4. The van der Waals surface area contributed by atoms with Crippen LogP contribution in [0.5, 0.6) is 0 Å². The van der Waals surface area contributed by atoms with Gasteiger partial charge in [-0.05, 0) is 127 Å². The lowest BCUT2D eigenvalue weighted by atomic mass is 9.81. The average molecular weight is 907 g/mol. The number of hydrogen-bond acceptors (Lipinski definition) is 4. The molecular formula is C67H46N4. The zero-order chi connectivity index (χ0) is 47.5. The monoisotopic (exact) mass is 906 g/mol. The number of para-hydroxylation sites is 2. The maximum Gasteiger partial charge on any atom is 0.160 e. The van der Waals surface area contributed by atoms with Crippen LogP contribution in [0, 0.1) is 0 Å². The van der Waals surface area contributed by atoms with Gasteiger partial charge in [-0.25, -0.2) is 19.9 Å². The van der Waals surface area contributed by atoms with Crippen molar-refractivity contribution in [1.29, 1.82) is 0 Å². The topological polar surface area (TPSA) is 51.6 Å². The lowest BCUT2D eigenvalue weighted by molar-refractivity contribution is 0.661. The third kappa shape index (κ3) is 7.58. The summed E-state index contributed by atoms with van der Waals surface area (Å²) in [6.07, 6.45) is 0. The second-order valence-electron chi connectivity index (χ2n) is 19.0. The summed E-state index contributed by atoms with van der Waals surface area (Å²) in [5.74, 6) is 1.39. The van der Waals surface area contributed by atoms with Crippen molar-refractivity contribution in [3.05, 3.63) is 254 Å². The van der Waals surface area contributed by atoms with E-state index in [1.165, 1.54) is 22.3 Å². The molecule has 0 fully saturated rings. The van der Waals surface area contributed by atoms with E-state index in [-0.39, 0.29) is 5.41 Å². The van der Waals surface area contributed by atoms with E-state index in [1.54, 1.807) is 0 Å². The summed E-state index contributed by atoms with van der Waals surface area (Å²) in [6, 6.07) is 86.2. The highest BCUT2D eigenvalue weighted by atomic mass is 14.9. The molecule has 10 aromatic carbocycles. The SMILES string of the molecule is CC1(C)c2cc(-c3nc(-c4cc(-c5ccccc5)cc(-c5ccccc5)c4)nc4ccccc34)ccc2-c2ccc(-c3nc(-c4cc(-c5ccccc5)cc(-c5ccccc5)c4)nc4ccccc34)cc21. The van der Waals surface area contributed by atoms with Gasteiger partial charge in [-0.1, -0.05) is 196 Å². The van der Waals surface area contributed by atoms with Crippen LogP contribution >= 0.6 is 0 Å². The molecule has 0 spiro atoms. The first-order valence-corrected chi connectivity index (χ1v) is 24.3. The third-order valence-corrected chi connectivity index (χ3v) is 14.2. The Morgan fingerprint density at radius 2 is 0.563 bits per heavy atom. The molecule has 1 aliphatic carbocycles. The number of rotatable bonds is 8. The molecule has 0 radical (unpaired) electrons. The summed E-state index contributed by atoms with van der Waals surface area (Å²) < 4.78 is 0. The largest absolute Gasteiger partial charge is 0.228 e. The summed E-state index contributed by atoms with van der Waals surface area (Å²) >= 11 is 0. The Labute approximate surface area is 413 Å². The molecule has 2 aromatic heterocycles. The van der Waals surface area contributed by atoms with Crippen molar-refractivity contribution in [1.82, 2.24) is 19.9 Å². The number of aromatic nitrogens is 4. The van der Waals surface area contributed by atoms with Crippen LogP contribution in [0.15, 0.2) is 243 Å². The summed E-state index contributed by atoms with van der Waals surface area (Å²) in [5, 5.41) is 2.04. The van der Waals surface area contributed by atoms with E-state index >= 15 is 0 Å². The number of benzene rings is 10. The van der Waals surface area contributed by atoms with Gasteiger partial charge in [-0.2, -0.15) is 0 Å². The Balaban J connectivity index is 0.914. The smallest absolute Gasteiger partial charge is 0.160 e. The van der Waals surface area contributed by atoms with Crippen LogP contribution in [0.1, 0.15) is 25.0 Å². The molecule has 0 aliphatic heterocycles. The molecular weight excluding hydrogens is 861 g/mol. The van der Waals surface area contributed by atoms with Gasteiger partial charge in [0, 0.05) is 38.4 Å². The van der Waals surface area contributed by atoms with Gasteiger partial charge < -0.3 is 0 Å². The highest BCUT2D eigenvalue weighted by Gasteiger charge is 2.36. The standard InChI is InChI=1S/C67H46N4/c1-67(2)59-41-47(63-57-27-15-17-29-61(57)68-65(70-63)53-37-49(43-19-7-3-8-20-43)35-50(38-53)44-21-9-4-10-22-44)31-33-55(59)56-34-32-48(42-60(56)67)64-58-28-16-18-30-62(58)69-66(71-64)54-39-51(45-23-11-5-12-24-45)36-52(40-54)46-25-13-6-14-26-46/h3-42H,1-2H3. The van der Waals surface area contributed by atoms with Gasteiger partial charge >= 0.3 is 0 Å². The van der Waals surface area contributed by atoms with Gasteiger partial charge in [-0.3, -0.25) is 0 Å². The van der Waals surface area contributed by atoms with Crippen molar-refractivity contribution in [2.75, 3.05) is 0 Å². The minimum atomic E-state index is -0.322. The van der Waals surface area contributed by atoms with E-state index in [0.717, 1.165) is 100.0 Å². The maximum atomic E-state index is 5.47. The first kappa shape index (κ1) is 42.0. The molecule has 334 valence electrons. The van der Waals surface area contributed by atoms with E-state index in [4.69, 9.17) is 19.9 Å². The van der Waals surface area contributed by atoms with Gasteiger partial charge in [-0.15, -0.1) is 0 Å². The predicted molar refractivity (Wildman–Crippen MR) is 294 cm³/mol. The molecule has 4 heteroatoms. The van der Waals surface area contributed by atoms with E-state index in [2.05, 4.69) is 257 Å². The molecule has 2 heterocycles. The lowest BCUT2D eigenvalue weighted by Gasteiger charge is -2.23. The van der Waals surface area contributed by atoms with Gasteiger partial charge in [0.25, 0.3) is 0 Å². The fourth-order valence-electron chi connectivity index (χ4n) is 10.6. The second kappa shape index (κ2) is 17.1. The van der Waals surface area contributed by atoms with Crippen LogP contribution in [0.2, 0.25) is 0 Å². The Hall–Kier alpha value is -9.12. The Kier molecular flexibility index (Phi) is 10.1. The normalized spacial score (nSPS) is 12.5. The van der Waals surface area contributed by atoms with Crippen LogP contribution in [0.4, 0.5) is 0 Å². The Morgan fingerprint density at radius 1 is 0.254 bits per heavy atom. The van der Waals surface area contributed by atoms with Crippen molar-refractivity contribution in [3.8, 4) is 101 Å². The summed E-state index contributed by atoms with van der Waals surface area (Å²) in [7, 11) is 0. The molecule has 0 saturated carbocycles. The van der Waals surface area contributed by atoms with E-state index in [0.29, 0.717) is 11.6 Å². The van der Waals surface area contributed by atoms with Crippen LogP contribution < -0.4 is 0 Å². The van der Waals surface area contributed by atoms with Gasteiger partial charge in [0.05, 0.1) is 22.4 Å². The number of hydrogen-bond donors (Lipinski definition) is 0. The van der Waals surface area contributed by atoms with Crippen molar-refractivity contribution < 1.29 is 0 Å². The van der Waals surface area contributed by atoms with Crippen molar-refractivity contribution in [2.45, 2.75) is 19.3 Å². The van der Waals surface area contributed by atoms with Crippen molar-refractivity contribution >= 4 is 21.8 Å². The van der Waals surface area contributed by atoms with E-state index < -0.39 is 0 Å². The molecule has 0 N–H and O–H groups in total. The third-order valence-electron chi connectivity index (χ3n) is 14.2.